The van der Waals surface area contributed by atoms with E-state index in [2.05, 4.69) is 4.74 Å². The van der Waals surface area contributed by atoms with Crippen LogP contribution in [0.1, 0.15) is 18.9 Å². The fourth-order valence-electron chi connectivity index (χ4n) is 1.23. The molecule has 5 heteroatoms. The number of carbonyl (C=O) groups is 2. The van der Waals surface area contributed by atoms with Crippen molar-refractivity contribution < 1.29 is 14.3 Å². The van der Waals surface area contributed by atoms with Gasteiger partial charge in [0.25, 0.3) is 0 Å². The van der Waals surface area contributed by atoms with Crippen LogP contribution in [-0.4, -0.2) is 18.4 Å². The Morgan fingerprint density at radius 3 is 2.67 bits per heavy atom. The highest BCUT2D eigenvalue weighted by molar-refractivity contribution is 6.35. The highest BCUT2D eigenvalue weighted by Crippen LogP contribution is 2.21. The topological polar surface area (TPSA) is 43.4 Å². The van der Waals surface area contributed by atoms with Crippen LogP contribution < -0.4 is 0 Å². The second-order valence-electron chi connectivity index (χ2n) is 3.45. The van der Waals surface area contributed by atoms with Crippen LogP contribution in [0.3, 0.4) is 0 Å². The van der Waals surface area contributed by atoms with E-state index in [9.17, 15) is 9.59 Å². The maximum Gasteiger partial charge on any atom is 0.313 e. The smallest absolute Gasteiger partial charge is 0.313 e. The van der Waals surface area contributed by atoms with Crippen molar-refractivity contribution in [2.45, 2.75) is 13.3 Å². The molecule has 0 saturated heterocycles. The first kappa shape index (κ1) is 14.7. The van der Waals surface area contributed by atoms with Gasteiger partial charge in [0.2, 0.25) is 0 Å². The van der Waals surface area contributed by atoms with E-state index in [1.807, 2.05) is 0 Å². The Morgan fingerprint density at radius 2 is 2.06 bits per heavy atom. The van der Waals surface area contributed by atoms with Crippen LogP contribution in [0.2, 0.25) is 10.0 Å². The number of halogens is 2. The molecule has 0 bridgehead atoms. The zero-order chi connectivity index (χ0) is 13.5. The van der Waals surface area contributed by atoms with Crippen molar-refractivity contribution in [3.05, 3.63) is 39.9 Å². The summed E-state index contributed by atoms with van der Waals surface area (Å²) in [7, 11) is 0. The Hall–Kier alpha value is -1.32. The second kappa shape index (κ2) is 7.19. The Kier molecular flexibility index (Phi) is 5.89. The molecule has 0 aromatic heterocycles. The van der Waals surface area contributed by atoms with Gasteiger partial charge in [-0.1, -0.05) is 29.3 Å². The standard InChI is InChI=1S/C13H12Cl2O3/c1-2-18-13(17)8-11(16)6-4-9-3-5-10(14)7-12(9)15/h3-7H,2,8H2,1H3/b6-4+. The van der Waals surface area contributed by atoms with Crippen LogP contribution >= 0.6 is 23.2 Å². The molecule has 18 heavy (non-hydrogen) atoms. The van der Waals surface area contributed by atoms with Gasteiger partial charge in [0.15, 0.2) is 5.78 Å². The maximum atomic E-state index is 11.4. The van der Waals surface area contributed by atoms with Crippen LogP contribution in [-0.2, 0) is 14.3 Å². The van der Waals surface area contributed by atoms with Gasteiger partial charge >= 0.3 is 5.97 Å². The Bertz CT molecular complexity index is 481. The minimum absolute atomic E-state index is 0.263. The molecule has 3 nitrogen and oxygen atoms in total. The van der Waals surface area contributed by atoms with Crippen molar-refractivity contribution in [2.24, 2.45) is 0 Å². The van der Waals surface area contributed by atoms with E-state index in [4.69, 9.17) is 23.2 Å². The summed E-state index contributed by atoms with van der Waals surface area (Å²) in [5, 5.41) is 0.970. The van der Waals surface area contributed by atoms with Crippen molar-refractivity contribution >= 4 is 41.0 Å². The molecule has 0 spiro atoms. The molecule has 96 valence electrons. The second-order valence-corrected chi connectivity index (χ2v) is 4.29. The molecule has 0 aliphatic carbocycles. The number of esters is 1. The highest BCUT2D eigenvalue weighted by Gasteiger charge is 2.07. The molecule has 0 heterocycles. The SMILES string of the molecule is CCOC(=O)CC(=O)/C=C/c1ccc(Cl)cc1Cl. The summed E-state index contributed by atoms with van der Waals surface area (Å²) < 4.78 is 4.67. The van der Waals surface area contributed by atoms with Gasteiger partial charge in [-0.15, -0.1) is 0 Å². The van der Waals surface area contributed by atoms with E-state index in [0.717, 1.165) is 0 Å². The minimum Gasteiger partial charge on any atom is -0.466 e. The normalized spacial score (nSPS) is 10.6. The van der Waals surface area contributed by atoms with Gasteiger partial charge in [-0.25, -0.2) is 0 Å². The van der Waals surface area contributed by atoms with E-state index < -0.39 is 5.97 Å². The summed E-state index contributed by atoms with van der Waals surface area (Å²) >= 11 is 11.7. The van der Waals surface area contributed by atoms with Crippen LogP contribution in [0.4, 0.5) is 0 Å². The third-order valence-corrected chi connectivity index (χ3v) is 2.60. The molecule has 0 amide bonds. The van der Waals surface area contributed by atoms with Crippen molar-refractivity contribution in [3.63, 3.8) is 0 Å². The van der Waals surface area contributed by atoms with Gasteiger partial charge in [0.1, 0.15) is 6.42 Å². The molecule has 0 aliphatic rings. The van der Waals surface area contributed by atoms with Crippen LogP contribution in [0, 0.1) is 0 Å². The first-order valence-electron chi connectivity index (χ1n) is 5.34. The molecule has 0 atom stereocenters. The zero-order valence-electron chi connectivity index (χ0n) is 9.78. The predicted molar refractivity (Wildman–Crippen MR) is 71.8 cm³/mol. The fourth-order valence-corrected chi connectivity index (χ4v) is 1.70. The lowest BCUT2D eigenvalue weighted by Gasteiger charge is -1.99. The van der Waals surface area contributed by atoms with Crippen molar-refractivity contribution in [1.82, 2.24) is 0 Å². The van der Waals surface area contributed by atoms with Crippen molar-refractivity contribution in [2.75, 3.05) is 6.61 Å². The molecule has 0 unspecified atom stereocenters. The number of carbonyl (C=O) groups excluding carboxylic acids is 2. The molecule has 0 aliphatic heterocycles. The van der Waals surface area contributed by atoms with Gasteiger partial charge in [-0.3, -0.25) is 9.59 Å². The van der Waals surface area contributed by atoms with E-state index >= 15 is 0 Å². The third-order valence-electron chi connectivity index (χ3n) is 2.04. The number of hydrogen-bond acceptors (Lipinski definition) is 3. The number of ether oxygens (including phenoxy) is 1. The van der Waals surface area contributed by atoms with Gasteiger partial charge in [0.05, 0.1) is 6.61 Å². The molecule has 0 fully saturated rings. The van der Waals surface area contributed by atoms with Crippen molar-refractivity contribution in [3.8, 4) is 0 Å². The molecule has 0 N–H and O–H groups in total. The summed E-state index contributed by atoms with van der Waals surface area (Å²) in [6.07, 6.45) is 2.57. The van der Waals surface area contributed by atoms with E-state index in [1.165, 1.54) is 6.08 Å². The first-order chi connectivity index (χ1) is 8.52. The molecule has 1 aromatic rings. The molecular formula is C13H12Cl2O3. The Labute approximate surface area is 115 Å². The van der Waals surface area contributed by atoms with Gasteiger partial charge in [0, 0.05) is 10.0 Å². The average molecular weight is 287 g/mol. The summed E-state index contributed by atoms with van der Waals surface area (Å²) in [5.74, 6) is -0.867. The zero-order valence-corrected chi connectivity index (χ0v) is 11.3. The summed E-state index contributed by atoms with van der Waals surface area (Å²) in [6.45, 7) is 1.95. The molecular weight excluding hydrogens is 275 g/mol. The van der Waals surface area contributed by atoms with Crippen molar-refractivity contribution in [1.29, 1.82) is 0 Å². The minimum atomic E-state index is -0.533. The maximum absolute atomic E-state index is 11.4. The predicted octanol–water partition coefficient (Wildman–Crippen LogP) is 3.53. The Morgan fingerprint density at radius 1 is 1.33 bits per heavy atom. The van der Waals surface area contributed by atoms with Gasteiger partial charge in [-0.2, -0.15) is 0 Å². The number of hydrogen-bond donors (Lipinski definition) is 0. The largest absolute Gasteiger partial charge is 0.466 e. The van der Waals surface area contributed by atoms with Crippen LogP contribution in [0.25, 0.3) is 6.08 Å². The lowest BCUT2D eigenvalue weighted by atomic mass is 10.2. The lowest BCUT2D eigenvalue weighted by molar-refractivity contribution is -0.144. The lowest BCUT2D eigenvalue weighted by Crippen LogP contribution is -2.09. The number of ketones is 1. The van der Waals surface area contributed by atoms with Crippen LogP contribution in [0.5, 0.6) is 0 Å². The van der Waals surface area contributed by atoms with E-state index in [1.54, 1.807) is 31.2 Å². The molecule has 0 radical (unpaired) electrons. The summed E-state index contributed by atoms with van der Waals surface area (Å²) in [6, 6.07) is 4.94. The molecule has 1 aromatic carbocycles. The summed E-state index contributed by atoms with van der Waals surface area (Å²) in [4.78, 5) is 22.5. The number of rotatable bonds is 5. The Balaban J connectivity index is 2.63. The van der Waals surface area contributed by atoms with Gasteiger partial charge < -0.3 is 4.74 Å². The number of allylic oxidation sites excluding steroid dienone is 1. The molecule has 0 saturated carbocycles. The van der Waals surface area contributed by atoms with E-state index in [0.29, 0.717) is 15.6 Å². The van der Waals surface area contributed by atoms with E-state index in [-0.39, 0.29) is 18.8 Å². The fraction of sp³-hybridized carbons (Fsp3) is 0.231. The first-order valence-corrected chi connectivity index (χ1v) is 6.10. The third kappa shape index (κ3) is 4.90. The van der Waals surface area contributed by atoms with Gasteiger partial charge in [-0.05, 0) is 36.8 Å². The highest BCUT2D eigenvalue weighted by atomic mass is 35.5. The monoisotopic (exact) mass is 286 g/mol. The van der Waals surface area contributed by atoms with Crippen LogP contribution in [0.15, 0.2) is 24.3 Å². The quantitative estimate of drug-likeness (QED) is 0.472. The summed E-state index contributed by atoms with van der Waals surface area (Å²) in [5.41, 5.74) is 0.665. The number of benzene rings is 1. The average Bonchev–Trinajstić information content (AvgIpc) is 2.28. The molecule has 1 rings (SSSR count).